The molecule has 2 amide bonds. The van der Waals surface area contributed by atoms with Crippen molar-refractivity contribution in [3.63, 3.8) is 0 Å². The van der Waals surface area contributed by atoms with Crippen molar-refractivity contribution in [3.05, 3.63) is 140 Å². The smallest absolute Gasteiger partial charge is 0.414 e. The molecule has 3 N–H and O–H groups in total. The molecule has 384 valence electrons. The van der Waals surface area contributed by atoms with Gasteiger partial charge in [-0.15, -0.1) is 0 Å². The van der Waals surface area contributed by atoms with Gasteiger partial charge < -0.3 is 39.7 Å². The van der Waals surface area contributed by atoms with Crippen molar-refractivity contribution >= 4 is 68.4 Å². The number of benzene rings is 4. The van der Waals surface area contributed by atoms with E-state index in [1.165, 1.54) is 9.80 Å². The van der Waals surface area contributed by atoms with Crippen LogP contribution in [0.5, 0.6) is 11.5 Å². The van der Waals surface area contributed by atoms with Gasteiger partial charge in [-0.1, -0.05) is 74.3 Å². The van der Waals surface area contributed by atoms with Crippen molar-refractivity contribution in [3.8, 4) is 11.5 Å². The fourth-order valence-corrected chi connectivity index (χ4v) is 10.2. The minimum absolute atomic E-state index is 0.0892. The molecule has 16 nitrogen and oxygen atoms in total. The number of fused-ring (bicyclic) bond motifs is 6. The molecule has 2 aliphatic heterocycles. The zero-order valence-corrected chi connectivity index (χ0v) is 43.1. The summed E-state index contributed by atoms with van der Waals surface area (Å²) in [5.41, 5.74) is 9.45. The lowest BCUT2D eigenvalue weighted by molar-refractivity contribution is 0.0733. The van der Waals surface area contributed by atoms with E-state index in [-0.39, 0.29) is 29.0 Å². The van der Waals surface area contributed by atoms with Gasteiger partial charge in [0.2, 0.25) is 0 Å². The number of aliphatic hydroxyl groups excluding tert-OH is 2. The number of hydrogen-bond acceptors (Lipinski definition) is 12. The Hall–Kier alpha value is -7.01. The first-order valence-electron chi connectivity index (χ1n) is 24.9. The number of anilines is 2. The van der Waals surface area contributed by atoms with E-state index in [4.69, 9.17) is 26.3 Å². The molecule has 2 aliphatic carbocycles. The number of aliphatic hydroxyl groups is 2. The van der Waals surface area contributed by atoms with Crippen molar-refractivity contribution in [1.82, 2.24) is 28.9 Å². The Labute approximate surface area is 430 Å². The molecule has 17 heteroatoms. The number of phenolic OH excluding ortho intramolecular Hbond substituents is 1. The fourth-order valence-electron chi connectivity index (χ4n) is 10.2. The van der Waals surface area contributed by atoms with Gasteiger partial charge in [0, 0.05) is 66.5 Å². The van der Waals surface area contributed by atoms with Crippen LogP contribution in [0.4, 0.5) is 21.0 Å². The predicted molar refractivity (Wildman–Crippen MR) is 288 cm³/mol. The molecule has 0 saturated heterocycles. The number of halogens is 1. The maximum absolute atomic E-state index is 13.7. The minimum atomic E-state index is -0.529. The van der Waals surface area contributed by atoms with E-state index in [1.807, 2.05) is 50.5 Å². The number of aromatic nitrogens is 4. The molecule has 0 bridgehead atoms. The summed E-state index contributed by atoms with van der Waals surface area (Å²) in [7, 11) is 10.5. The molecule has 0 spiro atoms. The van der Waals surface area contributed by atoms with E-state index in [9.17, 15) is 34.5 Å². The lowest BCUT2D eigenvalue weighted by Crippen LogP contribution is -2.35. The lowest BCUT2D eigenvalue weighted by atomic mass is 9.91. The number of carbonyl (C=O) groups is 2. The third kappa shape index (κ3) is 11.6. The summed E-state index contributed by atoms with van der Waals surface area (Å²) < 4.78 is 8.61. The van der Waals surface area contributed by atoms with Gasteiger partial charge in [-0.25, -0.2) is 14.8 Å². The number of ether oxygens (including phenoxy) is 1. The fraction of sp³-hybridized carbons (Fsp3) is 0.393. The van der Waals surface area contributed by atoms with Crippen LogP contribution in [0.15, 0.2) is 95.1 Å². The van der Waals surface area contributed by atoms with Crippen molar-refractivity contribution in [2.24, 2.45) is 0 Å². The summed E-state index contributed by atoms with van der Waals surface area (Å²) in [6.07, 6.45) is 18.5. The largest absolute Gasteiger partial charge is 0.508 e. The highest BCUT2D eigenvalue weighted by Gasteiger charge is 2.30. The molecular weight excluding hydrogens is 948 g/mol. The van der Waals surface area contributed by atoms with Crippen molar-refractivity contribution in [2.75, 3.05) is 65.2 Å². The van der Waals surface area contributed by atoms with Crippen molar-refractivity contribution in [2.45, 2.75) is 88.5 Å². The average molecular weight is 1010 g/mol. The zero-order valence-electron chi connectivity index (χ0n) is 42.4. The van der Waals surface area contributed by atoms with Gasteiger partial charge in [-0.3, -0.25) is 23.5 Å². The highest BCUT2D eigenvalue weighted by atomic mass is 35.5. The number of aromatic hydroxyl groups is 1. The second-order valence-corrected chi connectivity index (χ2v) is 20.1. The number of likely N-dealkylation sites (N-methyl/N-ethyl adjacent to an activating group) is 2. The molecule has 6 aromatic rings. The Balaban J connectivity index is 0.000000177. The van der Waals surface area contributed by atoms with Crippen LogP contribution in [0.2, 0.25) is 0 Å². The van der Waals surface area contributed by atoms with E-state index >= 15 is 0 Å². The van der Waals surface area contributed by atoms with Gasteiger partial charge in [0.05, 0.1) is 59.1 Å². The minimum Gasteiger partial charge on any atom is -0.508 e. The van der Waals surface area contributed by atoms with E-state index in [0.717, 1.165) is 103 Å². The Morgan fingerprint density at radius 3 is 1.47 bits per heavy atom. The number of carbonyl (C=O) groups excluding carboxylic acids is 2. The SMILES string of the molecule is CN(C)C(=O)Cl.CN(C)C(=O)Oc1ccc(Cc2cc3c(=O)n([C@H]4CCCC[C@@H]4O)cnc3c3c2C=CCN3C)cc1.CN1CC=Cc2c(Cc3ccc(O)cc3)cc3c(=O)n([C@H]4CCCC[C@@H]4O)cnc3c21. The van der Waals surface area contributed by atoms with E-state index < -0.39 is 23.7 Å². The first-order valence-corrected chi connectivity index (χ1v) is 25.3. The van der Waals surface area contributed by atoms with Gasteiger partial charge in [-0.05, 0) is 109 Å². The standard InChI is InChI=1S/C28H32N4O4.C25H27N3O3.C3H6ClNO/c1-30(2)28(35)36-20-12-10-18(11-13-20)15-19-16-22-25(26-21(19)7-6-14-31(26)3)29-17-32(27(22)34)23-8-4-5-9-24(23)33;1-27-12-4-5-19-17(13-16-8-10-18(29)11-9-16)14-20-23(24(19)27)26-15-28(25(20)31)21-6-2-3-7-22(21)30;1-5(2)3(4)6/h6-7,10-13,16-17,23-24,33H,4-5,8-9,14-15H2,1-3H3;4-5,8-11,14-15,21-22,29-30H,2-3,6-7,12-13H2,1H3;1-2H3/t23-,24-;21-,22-;/m00./s1. The summed E-state index contributed by atoms with van der Waals surface area (Å²) in [4.78, 5) is 65.3. The Morgan fingerprint density at radius 1 is 0.658 bits per heavy atom. The average Bonchev–Trinajstić information content (AvgIpc) is 3.37. The van der Waals surface area contributed by atoms with Crippen LogP contribution >= 0.6 is 11.6 Å². The second-order valence-electron chi connectivity index (χ2n) is 19.8. The van der Waals surface area contributed by atoms with Crippen LogP contribution < -0.4 is 25.7 Å². The summed E-state index contributed by atoms with van der Waals surface area (Å²) in [6.45, 7) is 1.50. The number of phenols is 1. The Bertz CT molecular complexity index is 3170. The molecule has 2 aromatic heterocycles. The van der Waals surface area contributed by atoms with Gasteiger partial charge >= 0.3 is 11.5 Å². The molecular formula is C56H65ClN8O8. The third-order valence-electron chi connectivity index (χ3n) is 14.1. The summed E-state index contributed by atoms with van der Waals surface area (Å²) in [5, 5.41) is 31.4. The van der Waals surface area contributed by atoms with Crippen molar-refractivity contribution < 1.29 is 29.6 Å². The van der Waals surface area contributed by atoms with Gasteiger partial charge in [0.25, 0.3) is 11.1 Å². The molecule has 0 radical (unpaired) electrons. The second kappa shape index (κ2) is 22.8. The molecule has 10 rings (SSSR count). The molecule has 4 heterocycles. The number of amides is 2. The predicted octanol–water partition coefficient (Wildman–Crippen LogP) is 8.53. The summed E-state index contributed by atoms with van der Waals surface area (Å²) >= 11 is 4.90. The van der Waals surface area contributed by atoms with Crippen LogP contribution in [0.25, 0.3) is 34.0 Å². The summed E-state index contributed by atoms with van der Waals surface area (Å²) in [5.74, 6) is 0.720. The van der Waals surface area contributed by atoms with E-state index in [0.29, 0.717) is 46.8 Å². The molecule has 2 saturated carbocycles. The van der Waals surface area contributed by atoms with Gasteiger partial charge in [-0.2, -0.15) is 0 Å². The van der Waals surface area contributed by atoms with Crippen LogP contribution in [0.3, 0.4) is 0 Å². The molecule has 73 heavy (non-hydrogen) atoms. The van der Waals surface area contributed by atoms with Gasteiger partial charge in [0.1, 0.15) is 22.5 Å². The first-order chi connectivity index (χ1) is 35.0. The van der Waals surface area contributed by atoms with Gasteiger partial charge in [0.15, 0.2) is 0 Å². The monoisotopic (exact) mass is 1010 g/mol. The normalized spacial score (nSPS) is 19.0. The lowest BCUT2D eigenvalue weighted by Gasteiger charge is -2.30. The maximum atomic E-state index is 13.7. The number of rotatable bonds is 7. The van der Waals surface area contributed by atoms with E-state index in [2.05, 4.69) is 34.1 Å². The van der Waals surface area contributed by atoms with Crippen LogP contribution in [0, 0.1) is 0 Å². The molecule has 0 unspecified atom stereocenters. The molecule has 4 aromatic carbocycles. The Morgan fingerprint density at radius 2 is 1.07 bits per heavy atom. The van der Waals surface area contributed by atoms with Crippen LogP contribution in [0.1, 0.15) is 96.8 Å². The molecule has 4 atom stereocenters. The highest BCUT2D eigenvalue weighted by molar-refractivity contribution is 6.62. The van der Waals surface area contributed by atoms with E-state index in [1.54, 1.807) is 74.2 Å². The Kier molecular flexibility index (Phi) is 16.4. The quantitative estimate of drug-likeness (QED) is 0.102. The molecule has 2 fully saturated rings. The third-order valence-corrected chi connectivity index (χ3v) is 14.5. The van der Waals surface area contributed by atoms with Crippen LogP contribution in [-0.4, -0.2) is 123 Å². The highest BCUT2D eigenvalue weighted by Crippen LogP contribution is 2.38. The van der Waals surface area contributed by atoms with Crippen molar-refractivity contribution in [1.29, 1.82) is 0 Å². The maximum Gasteiger partial charge on any atom is 0.414 e. The number of nitrogens with zero attached hydrogens (tertiary/aromatic N) is 8. The topological polar surface area (TPSA) is 187 Å². The van der Waals surface area contributed by atoms with Crippen LogP contribution in [-0.2, 0) is 12.8 Å². The zero-order chi connectivity index (χ0) is 52.1. The molecule has 4 aliphatic rings. The summed E-state index contributed by atoms with van der Waals surface area (Å²) in [6, 6.07) is 18.1. The first kappa shape index (κ1) is 52.3. The number of hydrogen-bond donors (Lipinski definition) is 3.